The third-order valence-corrected chi connectivity index (χ3v) is 4.70. The van der Waals surface area contributed by atoms with Crippen LogP contribution in [0.1, 0.15) is 45.4 Å². The van der Waals surface area contributed by atoms with Crippen LogP contribution in [-0.4, -0.2) is 11.0 Å². The van der Waals surface area contributed by atoms with Crippen molar-refractivity contribution >= 4 is 22.3 Å². The highest BCUT2D eigenvalue weighted by Gasteiger charge is 2.21. The molecular weight excluding hydrogens is 258 g/mol. The van der Waals surface area contributed by atoms with Crippen LogP contribution >= 0.6 is 0 Å². The van der Waals surface area contributed by atoms with Crippen LogP contribution in [0.4, 0.5) is 11.4 Å². The van der Waals surface area contributed by atoms with Crippen LogP contribution in [0.3, 0.4) is 0 Å². The molecule has 1 heterocycles. The van der Waals surface area contributed by atoms with E-state index >= 15 is 0 Å². The van der Waals surface area contributed by atoms with E-state index in [0.29, 0.717) is 6.04 Å². The monoisotopic (exact) mass is 283 g/mol. The molecule has 1 aromatic heterocycles. The molecule has 1 fully saturated rings. The summed E-state index contributed by atoms with van der Waals surface area (Å²) in [7, 11) is 0. The first-order valence-corrected chi connectivity index (χ1v) is 8.17. The summed E-state index contributed by atoms with van der Waals surface area (Å²) >= 11 is 0. The van der Waals surface area contributed by atoms with Gasteiger partial charge in [-0.1, -0.05) is 38.0 Å². The Morgan fingerprint density at radius 3 is 2.71 bits per heavy atom. The van der Waals surface area contributed by atoms with E-state index in [9.17, 15) is 0 Å². The van der Waals surface area contributed by atoms with Crippen LogP contribution in [0.25, 0.3) is 10.9 Å². The average Bonchev–Trinajstić information content (AvgIpc) is 2.52. The summed E-state index contributed by atoms with van der Waals surface area (Å²) in [6.45, 7) is 2.29. The third-order valence-electron chi connectivity index (χ3n) is 4.70. The van der Waals surface area contributed by atoms with Gasteiger partial charge in [-0.15, -0.1) is 0 Å². The number of nitrogens with two attached hydrogens (primary N) is 1. The van der Waals surface area contributed by atoms with Crippen LogP contribution in [-0.2, 0) is 0 Å². The normalized spacial score (nSPS) is 22.3. The number of nitrogens with zero attached hydrogens (tertiary/aromatic N) is 1. The van der Waals surface area contributed by atoms with Crippen molar-refractivity contribution in [2.45, 2.75) is 51.5 Å². The second kappa shape index (κ2) is 6.33. The Balaban J connectivity index is 1.75. The van der Waals surface area contributed by atoms with E-state index in [4.69, 9.17) is 5.73 Å². The summed E-state index contributed by atoms with van der Waals surface area (Å²) in [4.78, 5) is 4.41. The van der Waals surface area contributed by atoms with E-state index in [-0.39, 0.29) is 0 Å². The van der Waals surface area contributed by atoms with Crippen molar-refractivity contribution in [1.29, 1.82) is 0 Å². The van der Waals surface area contributed by atoms with Gasteiger partial charge >= 0.3 is 0 Å². The maximum absolute atomic E-state index is 6.15. The number of hydrogen-bond donors (Lipinski definition) is 2. The molecule has 0 atom stereocenters. The SMILES string of the molecule is CCCC1CCC(Nc2c(N)cnc3ccccc23)CC1. The molecule has 1 saturated carbocycles. The van der Waals surface area contributed by atoms with E-state index in [1.165, 1.54) is 38.5 Å². The van der Waals surface area contributed by atoms with Crippen LogP contribution in [0.5, 0.6) is 0 Å². The second-order valence-electron chi connectivity index (χ2n) is 6.26. The highest BCUT2D eigenvalue weighted by molar-refractivity contribution is 5.96. The van der Waals surface area contributed by atoms with Gasteiger partial charge in [-0.2, -0.15) is 0 Å². The highest BCUT2D eigenvalue weighted by Crippen LogP contribution is 2.33. The largest absolute Gasteiger partial charge is 0.396 e. The summed E-state index contributed by atoms with van der Waals surface area (Å²) < 4.78 is 0. The number of para-hydroxylation sites is 1. The van der Waals surface area contributed by atoms with Gasteiger partial charge in [0.2, 0.25) is 0 Å². The van der Waals surface area contributed by atoms with Gasteiger partial charge in [0.1, 0.15) is 0 Å². The number of aromatic nitrogens is 1. The molecule has 1 aromatic carbocycles. The predicted molar refractivity (Wildman–Crippen MR) is 90.4 cm³/mol. The summed E-state index contributed by atoms with van der Waals surface area (Å²) in [5.74, 6) is 0.930. The quantitative estimate of drug-likeness (QED) is 0.863. The van der Waals surface area contributed by atoms with Gasteiger partial charge in [-0.25, -0.2) is 0 Å². The van der Waals surface area contributed by atoms with Gasteiger partial charge < -0.3 is 11.1 Å². The first kappa shape index (κ1) is 14.2. The molecule has 2 aromatic rings. The van der Waals surface area contributed by atoms with Gasteiger partial charge in [-0.05, 0) is 37.7 Å². The van der Waals surface area contributed by atoms with Crippen LogP contribution in [0, 0.1) is 5.92 Å². The van der Waals surface area contributed by atoms with Crippen molar-refractivity contribution < 1.29 is 0 Å². The van der Waals surface area contributed by atoms with Crippen molar-refractivity contribution in [3.05, 3.63) is 30.5 Å². The van der Waals surface area contributed by atoms with E-state index in [0.717, 1.165) is 28.2 Å². The first-order chi connectivity index (χ1) is 10.3. The van der Waals surface area contributed by atoms with E-state index < -0.39 is 0 Å². The summed E-state index contributed by atoms with van der Waals surface area (Å²) in [5.41, 5.74) is 8.99. The Morgan fingerprint density at radius 1 is 1.19 bits per heavy atom. The highest BCUT2D eigenvalue weighted by atomic mass is 14.9. The molecular formula is C18H25N3. The van der Waals surface area contributed by atoms with Gasteiger partial charge in [-0.3, -0.25) is 4.98 Å². The Kier molecular flexibility index (Phi) is 4.28. The molecule has 0 spiro atoms. The molecule has 1 aliphatic rings. The maximum Gasteiger partial charge on any atom is 0.0743 e. The van der Waals surface area contributed by atoms with E-state index in [2.05, 4.69) is 23.3 Å². The number of nitrogens with one attached hydrogen (secondary N) is 1. The van der Waals surface area contributed by atoms with Crippen molar-refractivity contribution in [3.8, 4) is 0 Å². The van der Waals surface area contributed by atoms with Gasteiger partial charge in [0.05, 0.1) is 23.1 Å². The molecule has 3 N–H and O–H groups in total. The molecule has 0 bridgehead atoms. The van der Waals surface area contributed by atoms with Crippen molar-refractivity contribution in [1.82, 2.24) is 4.98 Å². The van der Waals surface area contributed by atoms with Crippen molar-refractivity contribution in [2.24, 2.45) is 5.92 Å². The predicted octanol–water partition coefficient (Wildman–Crippen LogP) is 4.59. The number of nitrogen functional groups attached to an aromatic ring is 1. The minimum Gasteiger partial charge on any atom is -0.396 e. The Bertz CT molecular complexity index is 600. The molecule has 0 unspecified atom stereocenters. The van der Waals surface area contributed by atoms with Crippen LogP contribution in [0.2, 0.25) is 0 Å². The molecule has 3 nitrogen and oxygen atoms in total. The molecule has 0 amide bonds. The van der Waals surface area contributed by atoms with E-state index in [1.807, 2.05) is 18.2 Å². The number of anilines is 2. The number of pyridine rings is 1. The smallest absolute Gasteiger partial charge is 0.0743 e. The lowest BCUT2D eigenvalue weighted by atomic mass is 9.83. The van der Waals surface area contributed by atoms with Crippen LogP contribution in [0.15, 0.2) is 30.5 Å². The van der Waals surface area contributed by atoms with Gasteiger partial charge in [0.15, 0.2) is 0 Å². The Morgan fingerprint density at radius 2 is 1.95 bits per heavy atom. The number of fused-ring (bicyclic) bond motifs is 1. The lowest BCUT2D eigenvalue weighted by Crippen LogP contribution is -2.26. The molecule has 21 heavy (non-hydrogen) atoms. The molecule has 3 rings (SSSR count). The zero-order valence-corrected chi connectivity index (χ0v) is 12.8. The maximum atomic E-state index is 6.15. The fraction of sp³-hybridized carbons (Fsp3) is 0.500. The number of benzene rings is 1. The average molecular weight is 283 g/mol. The number of hydrogen-bond acceptors (Lipinski definition) is 3. The lowest BCUT2D eigenvalue weighted by molar-refractivity contribution is 0.319. The molecule has 0 radical (unpaired) electrons. The van der Waals surface area contributed by atoms with E-state index in [1.54, 1.807) is 6.20 Å². The summed E-state index contributed by atoms with van der Waals surface area (Å²) in [6, 6.07) is 8.76. The van der Waals surface area contributed by atoms with Crippen molar-refractivity contribution in [2.75, 3.05) is 11.1 Å². The summed E-state index contributed by atoms with van der Waals surface area (Å²) in [5, 5.41) is 4.82. The number of rotatable bonds is 4. The third kappa shape index (κ3) is 3.12. The molecule has 1 aliphatic carbocycles. The zero-order valence-electron chi connectivity index (χ0n) is 12.8. The fourth-order valence-corrected chi connectivity index (χ4v) is 3.53. The lowest BCUT2D eigenvalue weighted by Gasteiger charge is -2.30. The minimum absolute atomic E-state index is 0.547. The Hall–Kier alpha value is -1.77. The standard InChI is InChI=1S/C18H25N3/c1-2-5-13-8-10-14(11-9-13)21-18-15-6-3-4-7-17(15)20-12-16(18)19/h3-4,6-7,12-14H,2,5,8-11,19H2,1H3,(H,20,21). The molecule has 112 valence electrons. The molecule has 0 aliphatic heterocycles. The van der Waals surface area contributed by atoms with Gasteiger partial charge in [0.25, 0.3) is 0 Å². The summed E-state index contributed by atoms with van der Waals surface area (Å²) in [6.07, 6.45) is 9.65. The molecule has 0 saturated heterocycles. The zero-order chi connectivity index (χ0) is 14.7. The van der Waals surface area contributed by atoms with Gasteiger partial charge in [0, 0.05) is 11.4 Å². The van der Waals surface area contributed by atoms with Crippen LogP contribution < -0.4 is 11.1 Å². The van der Waals surface area contributed by atoms with Crippen molar-refractivity contribution in [3.63, 3.8) is 0 Å². The first-order valence-electron chi connectivity index (χ1n) is 8.17. The topological polar surface area (TPSA) is 50.9 Å². The minimum atomic E-state index is 0.547. The Labute approximate surface area is 127 Å². The second-order valence-corrected chi connectivity index (χ2v) is 6.26. The fourth-order valence-electron chi connectivity index (χ4n) is 3.53. The molecule has 3 heteroatoms.